The van der Waals surface area contributed by atoms with Crippen molar-refractivity contribution in [2.24, 2.45) is 10.2 Å². The summed E-state index contributed by atoms with van der Waals surface area (Å²) in [6.45, 7) is 7.26. The van der Waals surface area contributed by atoms with Gasteiger partial charge in [0.2, 0.25) is 0 Å². The molecule has 14 heavy (non-hydrogen) atoms. The molecule has 0 aromatic rings. The molecular weight excluding hydrogens is 178 g/mol. The number of hydrogen-bond donors (Lipinski definition) is 2. The van der Waals surface area contributed by atoms with Gasteiger partial charge in [0.15, 0.2) is 0 Å². The number of nitrogens with one attached hydrogen (secondary N) is 2. The number of rotatable bonds is 6. The van der Waals surface area contributed by atoms with E-state index in [9.17, 15) is 0 Å². The van der Waals surface area contributed by atoms with Gasteiger partial charge in [0.25, 0.3) is 0 Å². The number of hydrogen-bond acceptors (Lipinski definition) is 5. The molecule has 2 N–H and O–H groups in total. The van der Waals surface area contributed by atoms with E-state index in [1.807, 2.05) is 33.0 Å². The molecule has 1 unspecified atom stereocenters. The van der Waals surface area contributed by atoms with Crippen LogP contribution in [0, 0.1) is 0 Å². The molecule has 0 aromatic carbocycles. The van der Waals surface area contributed by atoms with Gasteiger partial charge in [-0.25, -0.2) is 0 Å². The van der Waals surface area contributed by atoms with Crippen molar-refractivity contribution < 1.29 is 0 Å². The van der Waals surface area contributed by atoms with E-state index < -0.39 is 0 Å². The second kappa shape index (κ2) is 6.94. The molecule has 0 aliphatic rings. The van der Waals surface area contributed by atoms with E-state index in [-0.39, 0.29) is 6.04 Å². The minimum atomic E-state index is 0.158. The number of hydrazone groups is 2. The summed E-state index contributed by atoms with van der Waals surface area (Å²) in [5.74, 6) is 0. The van der Waals surface area contributed by atoms with Crippen molar-refractivity contribution in [1.29, 1.82) is 0 Å². The Morgan fingerprint density at radius 2 is 2.21 bits per heavy atom. The summed E-state index contributed by atoms with van der Waals surface area (Å²) in [5, 5.41) is 12.6. The minimum Gasteiger partial charge on any atom is -0.388 e. The van der Waals surface area contributed by atoms with E-state index in [1.54, 1.807) is 12.4 Å². The largest absolute Gasteiger partial charge is 0.388 e. The van der Waals surface area contributed by atoms with E-state index in [0.29, 0.717) is 0 Å². The van der Waals surface area contributed by atoms with Crippen molar-refractivity contribution in [1.82, 2.24) is 15.8 Å². The lowest BCUT2D eigenvalue weighted by Crippen LogP contribution is -2.32. The van der Waals surface area contributed by atoms with E-state index >= 15 is 0 Å². The Hall–Kier alpha value is -1.52. The highest BCUT2D eigenvalue weighted by Gasteiger charge is 2.10. The molecule has 0 spiro atoms. The van der Waals surface area contributed by atoms with Gasteiger partial charge < -0.3 is 5.32 Å². The Bertz CT molecular complexity index is 221. The van der Waals surface area contributed by atoms with E-state index in [4.69, 9.17) is 0 Å². The Morgan fingerprint density at radius 1 is 1.57 bits per heavy atom. The third-order valence-corrected chi connectivity index (χ3v) is 1.91. The fraction of sp³-hybridized carbons (Fsp3) is 0.556. The van der Waals surface area contributed by atoms with Crippen LogP contribution in [0.5, 0.6) is 0 Å². The van der Waals surface area contributed by atoms with Gasteiger partial charge in [-0.05, 0) is 13.8 Å². The maximum atomic E-state index is 4.15. The molecule has 80 valence electrons. The third kappa shape index (κ3) is 3.93. The molecule has 0 bridgehead atoms. The molecule has 5 heteroatoms. The predicted molar refractivity (Wildman–Crippen MR) is 61.2 cm³/mol. The quantitative estimate of drug-likeness (QED) is 0.484. The molecule has 0 aliphatic heterocycles. The Kier molecular flexibility index (Phi) is 6.19. The fourth-order valence-corrected chi connectivity index (χ4v) is 1.00. The number of likely N-dealkylation sites (N-methyl/N-ethyl adjacent to an activating group) is 2. The van der Waals surface area contributed by atoms with Crippen molar-refractivity contribution in [2.75, 3.05) is 14.1 Å². The molecule has 1 atom stereocenters. The van der Waals surface area contributed by atoms with Crippen molar-refractivity contribution in [3.63, 3.8) is 0 Å². The normalized spacial score (nSPS) is 13.9. The third-order valence-electron chi connectivity index (χ3n) is 1.91. The van der Waals surface area contributed by atoms with Gasteiger partial charge in [-0.3, -0.25) is 10.4 Å². The van der Waals surface area contributed by atoms with Crippen molar-refractivity contribution in [3.8, 4) is 0 Å². The highest BCUT2D eigenvalue weighted by molar-refractivity contribution is 5.52. The molecular formula is C9H19N5. The van der Waals surface area contributed by atoms with Gasteiger partial charge >= 0.3 is 0 Å². The summed E-state index contributed by atoms with van der Waals surface area (Å²) < 4.78 is 0. The molecule has 0 saturated carbocycles. The van der Waals surface area contributed by atoms with Gasteiger partial charge in [0, 0.05) is 33.2 Å². The van der Waals surface area contributed by atoms with Gasteiger partial charge in [-0.2, -0.15) is 10.2 Å². The molecule has 0 fully saturated rings. The molecule has 5 nitrogen and oxygen atoms in total. The van der Waals surface area contributed by atoms with E-state index in [2.05, 4.69) is 27.7 Å². The lowest BCUT2D eigenvalue weighted by atomic mass is 10.2. The van der Waals surface area contributed by atoms with Crippen LogP contribution in [0.15, 0.2) is 22.1 Å². The van der Waals surface area contributed by atoms with E-state index in [1.165, 1.54) is 0 Å². The summed E-state index contributed by atoms with van der Waals surface area (Å²) in [6.07, 6.45) is 3.52. The Labute approximate surface area is 85.6 Å². The zero-order valence-electron chi connectivity index (χ0n) is 9.28. The first-order valence-electron chi connectivity index (χ1n) is 4.47. The molecule has 0 amide bonds. The molecule has 0 aliphatic carbocycles. The van der Waals surface area contributed by atoms with Gasteiger partial charge in [0.1, 0.15) is 0 Å². The molecule has 0 heterocycles. The SMILES string of the molecule is C=NN/C=C(\NC)C(C)N(C)/N=C\C. The molecule has 0 rings (SSSR count). The van der Waals surface area contributed by atoms with Gasteiger partial charge in [0.05, 0.1) is 11.7 Å². The number of nitrogens with zero attached hydrogens (tertiary/aromatic N) is 3. The van der Waals surface area contributed by atoms with Crippen LogP contribution >= 0.6 is 0 Å². The van der Waals surface area contributed by atoms with Crippen molar-refractivity contribution in [3.05, 3.63) is 11.9 Å². The zero-order valence-corrected chi connectivity index (χ0v) is 9.28. The Morgan fingerprint density at radius 3 is 2.64 bits per heavy atom. The first kappa shape index (κ1) is 12.5. The summed E-state index contributed by atoms with van der Waals surface area (Å²) >= 11 is 0. The standard InChI is InChI=1S/C9H19N5/c1-6-13-14(5)8(2)9(10-3)7-12-11-4/h6-8,10,12H,4H2,1-3,5H3/b9-7-,13-6-. The van der Waals surface area contributed by atoms with Crippen molar-refractivity contribution >= 4 is 12.9 Å². The van der Waals surface area contributed by atoms with Gasteiger partial charge in [-0.1, -0.05) is 0 Å². The van der Waals surface area contributed by atoms with Crippen LogP contribution in [0.1, 0.15) is 13.8 Å². The second-order valence-electron chi connectivity index (χ2n) is 2.76. The minimum absolute atomic E-state index is 0.158. The van der Waals surface area contributed by atoms with Crippen LogP contribution in [0.25, 0.3) is 0 Å². The zero-order chi connectivity index (χ0) is 11.0. The summed E-state index contributed by atoms with van der Waals surface area (Å²) in [6, 6.07) is 0.158. The molecule has 0 radical (unpaired) electrons. The topological polar surface area (TPSA) is 52.0 Å². The average molecular weight is 197 g/mol. The lowest BCUT2D eigenvalue weighted by molar-refractivity contribution is 0.295. The Balaban J connectivity index is 4.43. The van der Waals surface area contributed by atoms with Crippen molar-refractivity contribution in [2.45, 2.75) is 19.9 Å². The average Bonchev–Trinajstić information content (AvgIpc) is 2.19. The van der Waals surface area contributed by atoms with Crippen LogP contribution in [0.3, 0.4) is 0 Å². The predicted octanol–water partition coefficient (Wildman–Crippen LogP) is 0.578. The first-order chi connectivity index (χ1) is 6.67. The summed E-state index contributed by atoms with van der Waals surface area (Å²) in [4.78, 5) is 0. The summed E-state index contributed by atoms with van der Waals surface area (Å²) in [7, 11) is 3.77. The van der Waals surface area contributed by atoms with Crippen LogP contribution in [0.4, 0.5) is 0 Å². The highest BCUT2D eigenvalue weighted by Crippen LogP contribution is 2.04. The second-order valence-corrected chi connectivity index (χ2v) is 2.76. The van der Waals surface area contributed by atoms with Crippen LogP contribution in [-0.2, 0) is 0 Å². The highest BCUT2D eigenvalue weighted by atomic mass is 15.5. The lowest BCUT2D eigenvalue weighted by Gasteiger charge is -2.23. The van der Waals surface area contributed by atoms with Gasteiger partial charge in [-0.15, -0.1) is 0 Å². The van der Waals surface area contributed by atoms with Crippen LogP contribution in [0.2, 0.25) is 0 Å². The summed E-state index contributed by atoms with van der Waals surface area (Å²) in [5.41, 5.74) is 3.68. The smallest absolute Gasteiger partial charge is 0.0849 e. The maximum absolute atomic E-state index is 4.15. The van der Waals surface area contributed by atoms with E-state index in [0.717, 1.165) is 5.70 Å². The monoisotopic (exact) mass is 197 g/mol. The fourth-order valence-electron chi connectivity index (χ4n) is 1.00. The molecule has 0 aromatic heterocycles. The van der Waals surface area contributed by atoms with Crippen LogP contribution in [-0.4, -0.2) is 38.1 Å². The molecule has 0 saturated heterocycles. The first-order valence-corrected chi connectivity index (χ1v) is 4.47. The maximum Gasteiger partial charge on any atom is 0.0849 e. The van der Waals surface area contributed by atoms with Crippen LogP contribution < -0.4 is 10.7 Å².